The first-order valence-electron chi connectivity index (χ1n) is 7.73. The molecule has 5 heteroatoms. The number of benzene rings is 2. The van der Waals surface area contributed by atoms with Crippen molar-refractivity contribution in [3.8, 4) is 0 Å². The molecule has 1 aliphatic rings. The molecule has 0 spiro atoms. The number of hydrogen-bond donors (Lipinski definition) is 2. The van der Waals surface area contributed by atoms with Gasteiger partial charge in [0.05, 0.1) is 22.2 Å². The molecule has 1 aliphatic carbocycles. The van der Waals surface area contributed by atoms with Crippen LogP contribution in [0.25, 0.3) is 0 Å². The first kappa shape index (κ1) is 16.5. The van der Waals surface area contributed by atoms with Gasteiger partial charge in [-0.2, -0.15) is 0 Å². The van der Waals surface area contributed by atoms with Gasteiger partial charge in [-0.3, -0.25) is 4.79 Å². The number of aromatic carboxylic acids is 1. The molecule has 2 aromatic carbocycles. The number of hydrogen-bond acceptors (Lipinski definition) is 2. The smallest absolute Gasteiger partial charge is 0.335 e. The highest BCUT2D eigenvalue weighted by molar-refractivity contribution is 6.33. The third-order valence-electron chi connectivity index (χ3n) is 4.54. The lowest BCUT2D eigenvalue weighted by molar-refractivity contribution is 0.0696. The second-order valence-electron chi connectivity index (χ2n) is 6.70. The highest BCUT2D eigenvalue weighted by atomic mass is 35.5. The first-order valence-corrected chi connectivity index (χ1v) is 8.10. The Bertz CT molecular complexity index is 829. The molecule has 1 atom stereocenters. The molecule has 4 nitrogen and oxygen atoms in total. The monoisotopic (exact) mass is 343 g/mol. The molecule has 0 saturated carbocycles. The summed E-state index contributed by atoms with van der Waals surface area (Å²) in [5.74, 6) is -1.23. The highest BCUT2D eigenvalue weighted by Gasteiger charge is 2.38. The minimum atomic E-state index is -0.973. The number of carboxylic acids is 1. The minimum absolute atomic E-state index is 0.134. The molecule has 1 amide bonds. The van der Waals surface area contributed by atoms with Gasteiger partial charge in [-0.15, -0.1) is 0 Å². The van der Waals surface area contributed by atoms with Gasteiger partial charge in [0.15, 0.2) is 0 Å². The molecule has 0 bridgehead atoms. The fourth-order valence-corrected chi connectivity index (χ4v) is 3.56. The van der Waals surface area contributed by atoms with Crippen LogP contribution in [0.1, 0.15) is 58.2 Å². The molecule has 2 aromatic rings. The Kier molecular flexibility index (Phi) is 4.10. The molecular formula is C19H18ClNO3. The molecule has 0 aromatic heterocycles. The van der Waals surface area contributed by atoms with E-state index in [-0.39, 0.29) is 22.9 Å². The van der Waals surface area contributed by atoms with E-state index < -0.39 is 5.97 Å². The lowest BCUT2D eigenvalue weighted by Gasteiger charge is -2.19. The van der Waals surface area contributed by atoms with Gasteiger partial charge in [0.25, 0.3) is 5.91 Å². The van der Waals surface area contributed by atoms with Crippen LogP contribution in [0, 0.1) is 0 Å². The molecule has 0 radical (unpaired) electrons. The lowest BCUT2D eigenvalue weighted by Crippen LogP contribution is -2.28. The Hall–Kier alpha value is -2.33. The van der Waals surface area contributed by atoms with Crippen LogP contribution in [-0.4, -0.2) is 17.0 Å². The highest BCUT2D eigenvalue weighted by Crippen LogP contribution is 2.45. The van der Waals surface area contributed by atoms with Gasteiger partial charge in [0.1, 0.15) is 0 Å². The summed E-state index contributed by atoms with van der Waals surface area (Å²) >= 11 is 6.09. The summed E-state index contributed by atoms with van der Waals surface area (Å²) in [5.41, 5.74) is 2.44. The Labute approximate surface area is 145 Å². The van der Waals surface area contributed by atoms with Crippen molar-refractivity contribution in [2.75, 3.05) is 0 Å². The SMILES string of the molecule is CC1(C)CC(NC(=O)c2ccccc2Cl)c2cc(C(=O)O)ccc21. The molecule has 3 rings (SSSR count). The number of nitrogens with one attached hydrogen (secondary N) is 1. The van der Waals surface area contributed by atoms with E-state index in [0.717, 1.165) is 11.1 Å². The van der Waals surface area contributed by atoms with Crippen molar-refractivity contribution in [3.05, 3.63) is 69.7 Å². The molecule has 0 saturated heterocycles. The maximum Gasteiger partial charge on any atom is 0.335 e. The number of amides is 1. The zero-order valence-electron chi connectivity index (χ0n) is 13.5. The molecule has 24 heavy (non-hydrogen) atoms. The van der Waals surface area contributed by atoms with Crippen LogP contribution in [0.5, 0.6) is 0 Å². The Morgan fingerprint density at radius 2 is 1.92 bits per heavy atom. The van der Waals surface area contributed by atoms with Crippen LogP contribution in [-0.2, 0) is 5.41 Å². The zero-order chi connectivity index (χ0) is 17.5. The summed E-state index contributed by atoms with van der Waals surface area (Å²) in [7, 11) is 0. The van der Waals surface area contributed by atoms with Crippen molar-refractivity contribution in [2.24, 2.45) is 0 Å². The number of carboxylic acid groups (broad SMARTS) is 1. The molecule has 1 unspecified atom stereocenters. The number of fused-ring (bicyclic) bond motifs is 1. The van der Waals surface area contributed by atoms with Gasteiger partial charge in [-0.05, 0) is 47.2 Å². The van der Waals surface area contributed by atoms with Gasteiger partial charge in [0, 0.05) is 0 Å². The van der Waals surface area contributed by atoms with Crippen molar-refractivity contribution < 1.29 is 14.7 Å². The second-order valence-corrected chi connectivity index (χ2v) is 7.11. The van der Waals surface area contributed by atoms with Crippen LogP contribution in [0.2, 0.25) is 5.02 Å². The van der Waals surface area contributed by atoms with Crippen molar-refractivity contribution in [1.29, 1.82) is 0 Å². The zero-order valence-corrected chi connectivity index (χ0v) is 14.2. The molecule has 0 heterocycles. The standard InChI is InChI=1S/C19H18ClNO3/c1-19(2)10-16(13-9-11(18(23)24)7-8-14(13)19)21-17(22)12-5-3-4-6-15(12)20/h3-9,16H,10H2,1-2H3,(H,21,22)(H,23,24). The van der Waals surface area contributed by atoms with E-state index in [9.17, 15) is 14.7 Å². The van der Waals surface area contributed by atoms with E-state index in [1.54, 1.807) is 36.4 Å². The minimum Gasteiger partial charge on any atom is -0.478 e. The largest absolute Gasteiger partial charge is 0.478 e. The summed E-state index contributed by atoms with van der Waals surface area (Å²) in [6.45, 7) is 4.18. The van der Waals surface area contributed by atoms with E-state index in [0.29, 0.717) is 17.0 Å². The molecular weight excluding hydrogens is 326 g/mol. The average Bonchev–Trinajstić information content (AvgIpc) is 2.78. The number of carbonyl (C=O) groups excluding carboxylic acids is 1. The van der Waals surface area contributed by atoms with Crippen molar-refractivity contribution in [3.63, 3.8) is 0 Å². The second kappa shape index (κ2) is 5.95. The van der Waals surface area contributed by atoms with Gasteiger partial charge in [-0.1, -0.05) is 43.6 Å². The van der Waals surface area contributed by atoms with Crippen molar-refractivity contribution in [1.82, 2.24) is 5.32 Å². The van der Waals surface area contributed by atoms with Crippen LogP contribution >= 0.6 is 11.6 Å². The fourth-order valence-electron chi connectivity index (χ4n) is 3.34. The average molecular weight is 344 g/mol. The van der Waals surface area contributed by atoms with E-state index in [1.165, 1.54) is 0 Å². The predicted molar refractivity (Wildman–Crippen MR) is 92.7 cm³/mol. The van der Waals surface area contributed by atoms with E-state index in [1.807, 2.05) is 6.07 Å². The van der Waals surface area contributed by atoms with Crippen LogP contribution in [0.3, 0.4) is 0 Å². The third-order valence-corrected chi connectivity index (χ3v) is 4.87. The van der Waals surface area contributed by atoms with Gasteiger partial charge >= 0.3 is 5.97 Å². The van der Waals surface area contributed by atoms with Crippen LogP contribution in [0.15, 0.2) is 42.5 Å². The van der Waals surface area contributed by atoms with Crippen LogP contribution in [0.4, 0.5) is 0 Å². The van der Waals surface area contributed by atoms with E-state index in [2.05, 4.69) is 19.2 Å². The summed E-state index contributed by atoms with van der Waals surface area (Å²) < 4.78 is 0. The normalized spacial score (nSPS) is 18.0. The van der Waals surface area contributed by atoms with Gasteiger partial charge in [0.2, 0.25) is 0 Å². The fraction of sp³-hybridized carbons (Fsp3) is 0.263. The molecule has 0 aliphatic heterocycles. The molecule has 0 fully saturated rings. The molecule has 2 N–H and O–H groups in total. The van der Waals surface area contributed by atoms with Crippen LogP contribution < -0.4 is 5.32 Å². The Balaban J connectivity index is 1.94. The first-order chi connectivity index (χ1) is 11.3. The number of halogens is 1. The predicted octanol–water partition coefficient (Wildman–Crippen LogP) is 4.19. The quantitative estimate of drug-likeness (QED) is 0.878. The maximum absolute atomic E-state index is 12.5. The topological polar surface area (TPSA) is 66.4 Å². The van der Waals surface area contributed by atoms with E-state index >= 15 is 0 Å². The summed E-state index contributed by atoms with van der Waals surface area (Å²) in [5, 5.41) is 12.6. The Morgan fingerprint density at radius 1 is 1.21 bits per heavy atom. The summed E-state index contributed by atoms with van der Waals surface area (Å²) in [4.78, 5) is 23.8. The number of carbonyl (C=O) groups is 2. The third kappa shape index (κ3) is 2.89. The maximum atomic E-state index is 12.5. The number of rotatable bonds is 3. The lowest BCUT2D eigenvalue weighted by atomic mass is 9.86. The van der Waals surface area contributed by atoms with Crippen molar-refractivity contribution in [2.45, 2.75) is 31.7 Å². The Morgan fingerprint density at radius 3 is 2.58 bits per heavy atom. The van der Waals surface area contributed by atoms with Gasteiger partial charge < -0.3 is 10.4 Å². The molecule has 124 valence electrons. The van der Waals surface area contributed by atoms with Crippen molar-refractivity contribution >= 4 is 23.5 Å². The van der Waals surface area contributed by atoms with E-state index in [4.69, 9.17) is 11.6 Å². The summed E-state index contributed by atoms with van der Waals surface area (Å²) in [6, 6.07) is 11.8. The summed E-state index contributed by atoms with van der Waals surface area (Å²) in [6.07, 6.45) is 0.710. The van der Waals surface area contributed by atoms with Gasteiger partial charge in [-0.25, -0.2) is 4.79 Å².